The van der Waals surface area contributed by atoms with E-state index in [4.69, 9.17) is 9.47 Å². The summed E-state index contributed by atoms with van der Waals surface area (Å²) in [6.07, 6.45) is 9.71. The molecular weight excluding hydrogens is 512 g/mol. The second-order valence-corrected chi connectivity index (χ2v) is 11.9. The number of fused-ring (bicyclic) bond motifs is 7. The van der Waals surface area contributed by atoms with Crippen LogP contribution in [0.15, 0.2) is 84.9 Å². The molecule has 0 unspecified atom stereocenters. The van der Waals surface area contributed by atoms with Crippen LogP contribution in [0.1, 0.15) is 65.2 Å². The van der Waals surface area contributed by atoms with Crippen molar-refractivity contribution in [3.8, 4) is 11.5 Å². The van der Waals surface area contributed by atoms with Crippen LogP contribution in [-0.4, -0.2) is 13.2 Å². The van der Waals surface area contributed by atoms with E-state index in [9.17, 15) is 0 Å². The maximum atomic E-state index is 6.19. The summed E-state index contributed by atoms with van der Waals surface area (Å²) in [4.78, 5) is 0. The molecule has 0 aliphatic rings. The lowest BCUT2D eigenvalue weighted by Gasteiger charge is -2.18. The van der Waals surface area contributed by atoms with Crippen LogP contribution in [0.5, 0.6) is 11.5 Å². The molecule has 0 saturated heterocycles. The third kappa shape index (κ3) is 4.77. The summed E-state index contributed by atoms with van der Waals surface area (Å²) >= 11 is 0. The third-order valence-corrected chi connectivity index (χ3v) is 9.01. The van der Waals surface area contributed by atoms with E-state index in [2.05, 4.69) is 98.8 Å². The second-order valence-electron chi connectivity index (χ2n) is 11.9. The molecule has 2 nitrogen and oxygen atoms in total. The average molecular weight is 553 g/mol. The molecular formula is C40H40O2. The van der Waals surface area contributed by atoms with Gasteiger partial charge in [0.2, 0.25) is 0 Å². The Morgan fingerprint density at radius 2 is 0.857 bits per heavy atom. The zero-order valence-corrected chi connectivity index (χ0v) is 25.0. The fraction of sp³-hybridized carbons (Fsp3) is 0.300. The maximum absolute atomic E-state index is 6.19. The molecule has 212 valence electrons. The van der Waals surface area contributed by atoms with Crippen molar-refractivity contribution < 1.29 is 9.47 Å². The highest BCUT2D eigenvalue weighted by molar-refractivity contribution is 6.40. The minimum Gasteiger partial charge on any atom is -0.494 e. The first-order chi connectivity index (χ1) is 20.8. The number of hydrogen-bond donors (Lipinski definition) is 0. The predicted molar refractivity (Wildman–Crippen MR) is 182 cm³/mol. The van der Waals surface area contributed by atoms with Crippen molar-refractivity contribution in [2.75, 3.05) is 13.2 Å². The summed E-state index contributed by atoms with van der Waals surface area (Å²) < 4.78 is 12.4. The van der Waals surface area contributed by atoms with Crippen molar-refractivity contribution >= 4 is 64.6 Å². The Balaban J connectivity index is 1.38. The Morgan fingerprint density at radius 1 is 0.405 bits per heavy atom. The molecule has 7 aromatic carbocycles. The molecule has 0 N–H and O–H groups in total. The number of rotatable bonds is 12. The van der Waals surface area contributed by atoms with E-state index in [0.717, 1.165) is 37.6 Å². The molecule has 0 radical (unpaired) electrons. The smallest absolute Gasteiger partial charge is 0.119 e. The highest BCUT2D eigenvalue weighted by Gasteiger charge is 2.18. The normalized spacial score (nSPS) is 12.0. The van der Waals surface area contributed by atoms with Gasteiger partial charge in [0, 0.05) is 0 Å². The van der Waals surface area contributed by atoms with Gasteiger partial charge in [-0.3, -0.25) is 0 Å². The van der Waals surface area contributed by atoms with E-state index >= 15 is 0 Å². The summed E-state index contributed by atoms with van der Waals surface area (Å²) in [5, 5.41) is 15.6. The molecule has 0 spiro atoms. The van der Waals surface area contributed by atoms with Crippen molar-refractivity contribution in [3.63, 3.8) is 0 Å². The van der Waals surface area contributed by atoms with Crippen LogP contribution in [0.25, 0.3) is 64.6 Å². The third-order valence-electron chi connectivity index (χ3n) is 9.01. The molecule has 42 heavy (non-hydrogen) atoms. The van der Waals surface area contributed by atoms with E-state index in [1.807, 2.05) is 0 Å². The highest BCUT2D eigenvalue weighted by atomic mass is 16.5. The van der Waals surface area contributed by atoms with E-state index in [0.29, 0.717) is 0 Å². The van der Waals surface area contributed by atoms with Gasteiger partial charge in [0.05, 0.1) is 13.2 Å². The van der Waals surface area contributed by atoms with Gasteiger partial charge in [0.15, 0.2) is 0 Å². The van der Waals surface area contributed by atoms with Crippen LogP contribution in [0.3, 0.4) is 0 Å². The fourth-order valence-corrected chi connectivity index (χ4v) is 6.87. The van der Waals surface area contributed by atoms with E-state index in [1.165, 1.54) is 103 Å². The Hall–Kier alpha value is -4.04. The van der Waals surface area contributed by atoms with Gasteiger partial charge < -0.3 is 9.47 Å². The van der Waals surface area contributed by atoms with Crippen molar-refractivity contribution in [2.24, 2.45) is 0 Å². The van der Waals surface area contributed by atoms with Gasteiger partial charge in [-0.1, -0.05) is 101 Å². The first-order valence-electron chi connectivity index (χ1n) is 16.0. The minimum absolute atomic E-state index is 0.779. The van der Waals surface area contributed by atoms with Gasteiger partial charge in [-0.2, -0.15) is 0 Å². The first-order valence-corrected chi connectivity index (χ1v) is 16.0. The van der Waals surface area contributed by atoms with Crippen LogP contribution in [0.4, 0.5) is 0 Å². The molecule has 0 aliphatic heterocycles. The van der Waals surface area contributed by atoms with Crippen molar-refractivity contribution in [3.05, 3.63) is 84.9 Å². The van der Waals surface area contributed by atoms with Crippen molar-refractivity contribution in [2.45, 2.75) is 65.2 Å². The largest absolute Gasteiger partial charge is 0.494 e. The van der Waals surface area contributed by atoms with Crippen LogP contribution in [-0.2, 0) is 0 Å². The maximum Gasteiger partial charge on any atom is 0.119 e. The lowest BCUT2D eigenvalue weighted by atomic mass is 9.85. The molecule has 7 rings (SSSR count). The highest BCUT2D eigenvalue weighted by Crippen LogP contribution is 2.46. The Morgan fingerprint density at radius 3 is 1.31 bits per heavy atom. The SMILES string of the molecule is CCCCCCOc1ccc2c(c1)cc1c3ccccc3c3cc4cc(OCCCCCC)ccc4c4ccc2c1c43. The molecule has 0 amide bonds. The van der Waals surface area contributed by atoms with Gasteiger partial charge >= 0.3 is 0 Å². The number of hydrogen-bond acceptors (Lipinski definition) is 2. The van der Waals surface area contributed by atoms with Crippen LogP contribution >= 0.6 is 0 Å². The minimum atomic E-state index is 0.779. The Kier molecular flexibility index (Phi) is 7.46. The van der Waals surface area contributed by atoms with E-state index in [1.54, 1.807) is 0 Å². The number of benzene rings is 7. The van der Waals surface area contributed by atoms with E-state index in [-0.39, 0.29) is 0 Å². The quantitative estimate of drug-likeness (QED) is 0.0852. The molecule has 0 saturated carbocycles. The lowest BCUT2D eigenvalue weighted by molar-refractivity contribution is 0.305. The zero-order chi connectivity index (χ0) is 28.5. The van der Waals surface area contributed by atoms with Crippen molar-refractivity contribution in [1.82, 2.24) is 0 Å². The monoisotopic (exact) mass is 552 g/mol. The topological polar surface area (TPSA) is 18.5 Å². The van der Waals surface area contributed by atoms with Gasteiger partial charge in [0.25, 0.3) is 0 Å². The molecule has 0 aliphatic carbocycles. The summed E-state index contributed by atoms with van der Waals surface area (Å²) in [5.41, 5.74) is 0. The molecule has 7 aromatic rings. The lowest BCUT2D eigenvalue weighted by Crippen LogP contribution is -1.97. The standard InChI is InChI=1S/C40H40O2/c1-3-5-7-11-21-41-29-15-17-31-27(23-29)25-37-33-13-9-10-14-34(33)38-26-28-24-30(42-22-12-8-6-4-2)16-18-32(28)36-20-19-35(31)39(37)40(36)38/h9-10,13-20,23-26H,3-8,11-12,21-22H2,1-2H3. The molecule has 0 aromatic heterocycles. The van der Waals surface area contributed by atoms with Crippen LogP contribution in [0, 0.1) is 0 Å². The predicted octanol–water partition coefficient (Wildman–Crippen LogP) is 12.0. The summed E-state index contributed by atoms with van der Waals surface area (Å²) in [5.74, 6) is 1.93. The van der Waals surface area contributed by atoms with Gasteiger partial charge in [-0.15, -0.1) is 0 Å². The number of unbranched alkanes of at least 4 members (excludes halogenated alkanes) is 6. The summed E-state index contributed by atoms with van der Waals surface area (Å²) in [6.45, 7) is 6.05. The zero-order valence-electron chi connectivity index (χ0n) is 25.0. The van der Waals surface area contributed by atoms with E-state index < -0.39 is 0 Å². The molecule has 0 fully saturated rings. The van der Waals surface area contributed by atoms with Gasteiger partial charge in [0.1, 0.15) is 11.5 Å². The van der Waals surface area contributed by atoms with Crippen molar-refractivity contribution in [1.29, 1.82) is 0 Å². The molecule has 2 heteroatoms. The van der Waals surface area contributed by atoms with Gasteiger partial charge in [-0.05, 0) is 114 Å². The molecule has 0 heterocycles. The Bertz CT molecular complexity index is 1870. The van der Waals surface area contributed by atoms with Crippen LogP contribution < -0.4 is 9.47 Å². The molecule has 0 atom stereocenters. The van der Waals surface area contributed by atoms with Crippen LogP contribution in [0.2, 0.25) is 0 Å². The van der Waals surface area contributed by atoms with Gasteiger partial charge in [-0.25, -0.2) is 0 Å². The first kappa shape index (κ1) is 26.8. The number of ether oxygens (including phenoxy) is 2. The summed E-state index contributed by atoms with van der Waals surface area (Å²) in [6, 6.07) is 31.6. The molecule has 0 bridgehead atoms. The Labute approximate surface area is 248 Å². The fourth-order valence-electron chi connectivity index (χ4n) is 6.87. The average Bonchev–Trinajstić information content (AvgIpc) is 3.03. The summed E-state index contributed by atoms with van der Waals surface area (Å²) in [7, 11) is 0. The second kappa shape index (κ2) is 11.7.